The first-order chi connectivity index (χ1) is 16.0. The molecule has 0 saturated heterocycles. The van der Waals surface area contributed by atoms with E-state index >= 15 is 0 Å². The van der Waals surface area contributed by atoms with E-state index in [-0.39, 0.29) is 33.4 Å². The highest BCUT2D eigenvalue weighted by Gasteiger charge is 2.38. The minimum atomic E-state index is -4.69. The van der Waals surface area contributed by atoms with E-state index in [1.54, 1.807) is 26.0 Å². The summed E-state index contributed by atoms with van der Waals surface area (Å²) in [4.78, 5) is 11.8. The van der Waals surface area contributed by atoms with E-state index in [4.69, 9.17) is 21.1 Å². The predicted molar refractivity (Wildman–Crippen MR) is 123 cm³/mol. The third kappa shape index (κ3) is 5.88. The minimum absolute atomic E-state index is 0.128. The summed E-state index contributed by atoms with van der Waals surface area (Å²) in [5, 5.41) is -0.128. The topological polar surface area (TPSA) is 48.4 Å². The summed E-state index contributed by atoms with van der Waals surface area (Å²) >= 11 is 6.34. The summed E-state index contributed by atoms with van der Waals surface area (Å²) in [6.07, 6.45) is -3.99. The van der Waals surface area contributed by atoms with Gasteiger partial charge in [-0.15, -0.1) is 0 Å². The van der Waals surface area contributed by atoms with Gasteiger partial charge in [0.1, 0.15) is 18.2 Å². The lowest BCUT2D eigenvalue weighted by Gasteiger charge is -2.16. The molecule has 0 radical (unpaired) electrons. The number of hydrogen-bond donors (Lipinski definition) is 0. The maximum absolute atomic E-state index is 13.9. The van der Waals surface area contributed by atoms with Crippen LogP contribution < -0.4 is 4.74 Å². The highest BCUT2D eigenvalue weighted by molar-refractivity contribution is 7.09. The van der Waals surface area contributed by atoms with Crippen molar-refractivity contribution in [1.29, 1.82) is 0 Å². The molecule has 0 spiro atoms. The average molecular weight is 516 g/mol. The molecule has 0 bridgehead atoms. The molecule has 4 nitrogen and oxygen atoms in total. The number of rotatable bonds is 8. The second-order valence-electron chi connectivity index (χ2n) is 7.53. The van der Waals surface area contributed by atoms with E-state index in [0.717, 1.165) is 22.8 Å². The van der Waals surface area contributed by atoms with Gasteiger partial charge in [-0.2, -0.15) is 17.5 Å². The van der Waals surface area contributed by atoms with Crippen LogP contribution in [0.15, 0.2) is 30.3 Å². The molecule has 0 aliphatic carbocycles. The Labute approximate surface area is 203 Å². The number of carbonyl (C=O) groups excluding carboxylic acids is 1. The first kappa shape index (κ1) is 26.0. The molecule has 0 unspecified atom stereocenters. The number of benzene rings is 2. The van der Waals surface area contributed by atoms with Gasteiger partial charge in [0.05, 0.1) is 16.5 Å². The molecule has 0 saturated carbocycles. The molecular weight excluding hydrogens is 494 g/mol. The molecular formula is C24H22ClF4NO3S. The van der Waals surface area contributed by atoms with Gasteiger partial charge in [-0.25, -0.2) is 4.39 Å². The van der Waals surface area contributed by atoms with Crippen LogP contribution in [-0.4, -0.2) is 16.9 Å². The Hall–Kier alpha value is -2.65. The van der Waals surface area contributed by atoms with Crippen molar-refractivity contribution < 1.29 is 31.8 Å². The molecule has 3 rings (SSSR count). The molecule has 0 aliphatic heterocycles. The Kier molecular flexibility index (Phi) is 8.20. The third-order valence-corrected chi connectivity index (χ3v) is 6.61. The van der Waals surface area contributed by atoms with Crippen LogP contribution in [-0.2, 0) is 28.7 Å². The van der Waals surface area contributed by atoms with Gasteiger partial charge < -0.3 is 9.47 Å². The number of halogens is 5. The Balaban J connectivity index is 1.87. The molecule has 0 aliphatic rings. The first-order valence-electron chi connectivity index (χ1n) is 10.4. The van der Waals surface area contributed by atoms with E-state index in [2.05, 4.69) is 4.37 Å². The third-order valence-electron chi connectivity index (χ3n) is 5.36. The molecule has 10 heteroatoms. The standard InChI is InChI=1S/C24H22ClF4NO3S/c1-4-32-21(31)10-7-15-6-9-20(14(3)13(15)2)33-12-17-22(34-30-23(17)24(27,28)29)16-5-8-18(25)19(26)11-16/h5-6,8-9,11H,4,7,10,12H2,1-3H3. The van der Waals surface area contributed by atoms with Crippen molar-refractivity contribution in [2.75, 3.05) is 6.61 Å². The zero-order valence-corrected chi connectivity index (χ0v) is 20.3. The van der Waals surface area contributed by atoms with Crippen LogP contribution in [0.3, 0.4) is 0 Å². The number of ether oxygens (including phenoxy) is 2. The number of esters is 1. The second-order valence-corrected chi connectivity index (χ2v) is 8.71. The summed E-state index contributed by atoms with van der Waals surface area (Å²) in [6.45, 7) is 5.29. The van der Waals surface area contributed by atoms with Crippen molar-refractivity contribution in [3.05, 3.63) is 69.1 Å². The first-order valence-corrected chi connectivity index (χ1v) is 11.6. The Morgan fingerprint density at radius 1 is 1.15 bits per heavy atom. The van der Waals surface area contributed by atoms with Crippen molar-refractivity contribution in [3.63, 3.8) is 0 Å². The van der Waals surface area contributed by atoms with Crippen LogP contribution in [0.4, 0.5) is 17.6 Å². The molecule has 2 aromatic carbocycles. The summed E-state index contributed by atoms with van der Waals surface area (Å²) in [5.41, 5.74) is 1.53. The van der Waals surface area contributed by atoms with Gasteiger partial charge in [-0.05, 0) is 79.2 Å². The molecule has 182 valence electrons. The lowest BCUT2D eigenvalue weighted by molar-refractivity contribution is -0.143. The fourth-order valence-corrected chi connectivity index (χ4v) is 4.44. The second kappa shape index (κ2) is 10.7. The largest absolute Gasteiger partial charge is 0.488 e. The van der Waals surface area contributed by atoms with Gasteiger partial charge >= 0.3 is 12.1 Å². The molecule has 0 fully saturated rings. The fourth-order valence-electron chi connectivity index (χ4n) is 3.43. The Bertz CT molecular complexity index is 1190. The van der Waals surface area contributed by atoms with Gasteiger partial charge in [0.2, 0.25) is 0 Å². The maximum Gasteiger partial charge on any atom is 0.434 e. The van der Waals surface area contributed by atoms with E-state index in [0.29, 0.717) is 30.3 Å². The monoisotopic (exact) mass is 515 g/mol. The Morgan fingerprint density at radius 3 is 2.53 bits per heavy atom. The predicted octanol–water partition coefficient (Wildman–Crippen LogP) is 7.31. The smallest absolute Gasteiger partial charge is 0.434 e. The molecule has 0 N–H and O–H groups in total. The van der Waals surface area contributed by atoms with Gasteiger partial charge in [-0.1, -0.05) is 23.7 Å². The number of hydrogen-bond acceptors (Lipinski definition) is 5. The number of aromatic nitrogens is 1. The molecule has 34 heavy (non-hydrogen) atoms. The lowest BCUT2D eigenvalue weighted by Crippen LogP contribution is -2.11. The summed E-state index contributed by atoms with van der Waals surface area (Å²) in [6, 6.07) is 7.25. The SMILES string of the molecule is CCOC(=O)CCc1ccc(OCc2c(C(F)(F)F)nsc2-c2ccc(Cl)c(F)c2)c(C)c1C. The van der Waals surface area contributed by atoms with Crippen LogP contribution in [0.1, 0.15) is 41.3 Å². The minimum Gasteiger partial charge on any atom is -0.488 e. The molecule has 0 amide bonds. The summed E-state index contributed by atoms with van der Waals surface area (Å²) < 4.78 is 69.1. The quantitative estimate of drug-likeness (QED) is 0.233. The van der Waals surface area contributed by atoms with Crippen LogP contribution in [0, 0.1) is 19.7 Å². The Morgan fingerprint density at radius 2 is 1.88 bits per heavy atom. The van der Waals surface area contributed by atoms with E-state index in [1.807, 2.05) is 6.92 Å². The highest BCUT2D eigenvalue weighted by atomic mass is 35.5. The molecule has 0 atom stereocenters. The van der Waals surface area contributed by atoms with Gasteiger partial charge in [0.15, 0.2) is 5.69 Å². The molecule has 1 aromatic heterocycles. The molecule has 1 heterocycles. The number of alkyl halides is 3. The van der Waals surface area contributed by atoms with Crippen LogP contribution in [0.5, 0.6) is 5.75 Å². The van der Waals surface area contributed by atoms with Crippen molar-refractivity contribution in [1.82, 2.24) is 4.37 Å². The van der Waals surface area contributed by atoms with Gasteiger partial charge in [0.25, 0.3) is 0 Å². The van der Waals surface area contributed by atoms with E-state index in [9.17, 15) is 22.4 Å². The van der Waals surface area contributed by atoms with Gasteiger partial charge in [0, 0.05) is 12.0 Å². The van der Waals surface area contributed by atoms with Crippen molar-refractivity contribution in [2.24, 2.45) is 0 Å². The zero-order valence-electron chi connectivity index (χ0n) is 18.7. The van der Waals surface area contributed by atoms with Crippen LogP contribution in [0.25, 0.3) is 10.4 Å². The summed E-state index contributed by atoms with van der Waals surface area (Å²) in [5.74, 6) is -0.626. The lowest BCUT2D eigenvalue weighted by atomic mass is 9.99. The fraction of sp³-hybridized carbons (Fsp3) is 0.333. The van der Waals surface area contributed by atoms with Crippen molar-refractivity contribution in [2.45, 2.75) is 46.4 Å². The van der Waals surface area contributed by atoms with E-state index < -0.39 is 24.3 Å². The average Bonchev–Trinajstić information content (AvgIpc) is 3.21. The van der Waals surface area contributed by atoms with Crippen molar-refractivity contribution in [3.8, 4) is 16.2 Å². The summed E-state index contributed by atoms with van der Waals surface area (Å²) in [7, 11) is 0. The number of nitrogens with zero attached hydrogens (tertiary/aromatic N) is 1. The van der Waals surface area contributed by atoms with Crippen molar-refractivity contribution >= 4 is 29.1 Å². The van der Waals surface area contributed by atoms with Crippen LogP contribution >= 0.6 is 23.1 Å². The number of aryl methyl sites for hydroxylation is 1. The number of carbonyl (C=O) groups is 1. The maximum atomic E-state index is 13.9. The van der Waals surface area contributed by atoms with Gasteiger partial charge in [-0.3, -0.25) is 4.79 Å². The van der Waals surface area contributed by atoms with E-state index in [1.165, 1.54) is 12.1 Å². The highest BCUT2D eigenvalue weighted by Crippen LogP contribution is 2.40. The van der Waals surface area contributed by atoms with Crippen LogP contribution in [0.2, 0.25) is 5.02 Å². The molecule has 3 aromatic rings. The normalized spacial score (nSPS) is 11.5. The zero-order chi connectivity index (χ0) is 25.0.